The lowest BCUT2D eigenvalue weighted by Crippen LogP contribution is -2.33. The van der Waals surface area contributed by atoms with Crippen molar-refractivity contribution in [2.45, 2.75) is 32.1 Å². The van der Waals surface area contributed by atoms with Crippen LogP contribution in [0.1, 0.15) is 37.9 Å². The first kappa shape index (κ1) is 20.8. The summed E-state index contributed by atoms with van der Waals surface area (Å²) >= 11 is 0. The molecule has 1 aliphatic rings. The largest absolute Gasteiger partial charge is 0.364 e. The minimum absolute atomic E-state index is 0.326. The molecule has 1 heterocycles. The van der Waals surface area contributed by atoms with Crippen molar-refractivity contribution in [1.82, 2.24) is 15.0 Å². The molecule has 148 valence electrons. The number of hydrogen-bond donors (Lipinski definition) is 0. The van der Waals surface area contributed by atoms with Gasteiger partial charge < -0.3 is 18.9 Å². The molecular formula is C17H31N5O4. The summed E-state index contributed by atoms with van der Waals surface area (Å²) in [6.45, 7) is 3.57. The fourth-order valence-electron chi connectivity index (χ4n) is 3.21. The zero-order valence-corrected chi connectivity index (χ0v) is 16.5. The van der Waals surface area contributed by atoms with E-state index in [4.69, 9.17) is 28.9 Å². The number of methoxy groups -OCH3 is 4. The van der Waals surface area contributed by atoms with Crippen molar-refractivity contribution in [1.29, 1.82) is 0 Å². The second-order valence-corrected chi connectivity index (χ2v) is 6.66. The molecule has 1 aromatic heterocycles. The van der Waals surface area contributed by atoms with Crippen LogP contribution in [0.4, 0.5) is 11.9 Å². The van der Waals surface area contributed by atoms with Crippen LogP contribution >= 0.6 is 0 Å². The van der Waals surface area contributed by atoms with Gasteiger partial charge in [0.25, 0.3) is 0 Å². The minimum Gasteiger partial charge on any atom is -0.364 e. The average molecular weight is 369 g/mol. The number of ether oxygens (including phenoxy) is 4. The van der Waals surface area contributed by atoms with E-state index in [-0.39, 0.29) is 0 Å². The zero-order valence-electron chi connectivity index (χ0n) is 16.5. The highest BCUT2D eigenvalue weighted by molar-refractivity contribution is 5.39. The first-order valence-corrected chi connectivity index (χ1v) is 8.84. The molecule has 0 bridgehead atoms. The van der Waals surface area contributed by atoms with Gasteiger partial charge in [-0.15, -0.1) is 0 Å². The molecule has 2 rings (SSSR count). The van der Waals surface area contributed by atoms with E-state index in [9.17, 15) is 0 Å². The number of anilines is 2. The van der Waals surface area contributed by atoms with Crippen molar-refractivity contribution in [3.05, 3.63) is 5.82 Å². The predicted octanol–water partition coefficient (Wildman–Crippen LogP) is 1.80. The van der Waals surface area contributed by atoms with Crippen molar-refractivity contribution < 1.29 is 18.9 Å². The number of nitrogens with zero attached hydrogens (tertiary/aromatic N) is 5. The van der Waals surface area contributed by atoms with E-state index >= 15 is 0 Å². The monoisotopic (exact) mass is 369 g/mol. The molecule has 0 N–H and O–H groups in total. The Labute approximate surface area is 155 Å². The zero-order chi connectivity index (χ0) is 18.9. The van der Waals surface area contributed by atoms with E-state index in [1.807, 2.05) is 9.80 Å². The lowest BCUT2D eigenvalue weighted by atomic mass is 10.1. The Hall–Kier alpha value is -1.55. The maximum Gasteiger partial charge on any atom is 0.234 e. The Morgan fingerprint density at radius 3 is 1.58 bits per heavy atom. The van der Waals surface area contributed by atoms with Gasteiger partial charge in [-0.1, -0.05) is 6.92 Å². The third kappa shape index (κ3) is 5.47. The molecule has 9 heteroatoms. The Morgan fingerprint density at radius 2 is 1.23 bits per heavy atom. The third-order valence-electron chi connectivity index (χ3n) is 4.39. The van der Waals surface area contributed by atoms with Crippen molar-refractivity contribution in [3.8, 4) is 0 Å². The highest BCUT2D eigenvalue weighted by atomic mass is 16.5. The van der Waals surface area contributed by atoms with Gasteiger partial charge in [0.1, 0.15) is 32.7 Å². The molecule has 1 saturated carbocycles. The number of aromatic nitrogens is 3. The molecule has 9 nitrogen and oxygen atoms in total. The predicted molar refractivity (Wildman–Crippen MR) is 98.0 cm³/mol. The molecule has 1 aliphatic carbocycles. The first-order valence-electron chi connectivity index (χ1n) is 8.84. The lowest BCUT2D eigenvalue weighted by Gasteiger charge is -2.25. The fourth-order valence-corrected chi connectivity index (χ4v) is 3.21. The Balaban J connectivity index is 2.40. The van der Waals surface area contributed by atoms with Gasteiger partial charge >= 0.3 is 0 Å². The van der Waals surface area contributed by atoms with Crippen LogP contribution in [-0.4, -0.2) is 70.3 Å². The van der Waals surface area contributed by atoms with E-state index in [1.54, 1.807) is 28.4 Å². The number of hydrogen-bond acceptors (Lipinski definition) is 9. The van der Waals surface area contributed by atoms with Crippen LogP contribution in [0.15, 0.2) is 0 Å². The standard InChI is InChI=1S/C17H31N5O4/c1-13-6-7-14(8-13)15-18-16(21(9-23-2)10-24-3)20-17(19-15)22(11-25-4)12-26-5/h13-14H,6-12H2,1-5H3. The summed E-state index contributed by atoms with van der Waals surface area (Å²) in [7, 11) is 6.53. The van der Waals surface area contributed by atoms with Crippen molar-refractivity contribution in [2.75, 3.05) is 65.2 Å². The van der Waals surface area contributed by atoms with Crippen LogP contribution in [0, 0.1) is 5.92 Å². The lowest BCUT2D eigenvalue weighted by molar-refractivity contribution is 0.136. The molecule has 0 saturated heterocycles. The summed E-state index contributed by atoms with van der Waals surface area (Å²) in [5.74, 6) is 2.90. The Bertz CT molecular complexity index is 502. The highest BCUT2D eigenvalue weighted by Gasteiger charge is 2.27. The molecule has 0 aliphatic heterocycles. The summed E-state index contributed by atoms with van der Waals surface area (Å²) in [4.78, 5) is 17.7. The molecule has 0 radical (unpaired) electrons. The van der Waals surface area contributed by atoms with Gasteiger partial charge in [0.2, 0.25) is 11.9 Å². The second-order valence-electron chi connectivity index (χ2n) is 6.66. The second kappa shape index (κ2) is 10.6. The van der Waals surface area contributed by atoms with Gasteiger partial charge in [-0.25, -0.2) is 0 Å². The fraction of sp³-hybridized carbons (Fsp3) is 0.824. The molecule has 0 amide bonds. The van der Waals surface area contributed by atoms with E-state index < -0.39 is 0 Å². The van der Waals surface area contributed by atoms with Crippen LogP contribution in [0.25, 0.3) is 0 Å². The van der Waals surface area contributed by atoms with Crippen LogP contribution in [0.5, 0.6) is 0 Å². The smallest absolute Gasteiger partial charge is 0.234 e. The topological polar surface area (TPSA) is 82.1 Å². The van der Waals surface area contributed by atoms with E-state index in [1.165, 1.54) is 6.42 Å². The van der Waals surface area contributed by atoms with Crippen molar-refractivity contribution in [2.24, 2.45) is 5.92 Å². The molecule has 0 spiro atoms. The average Bonchev–Trinajstić information content (AvgIpc) is 3.07. The quantitative estimate of drug-likeness (QED) is 0.542. The maximum absolute atomic E-state index is 5.27. The van der Waals surface area contributed by atoms with Gasteiger partial charge in [-0.3, -0.25) is 9.80 Å². The summed E-state index contributed by atoms with van der Waals surface area (Å²) < 4.78 is 21.1. The SMILES string of the molecule is COCN(COC)c1nc(C2CCC(C)C2)nc(N(COC)COC)n1. The summed E-state index contributed by atoms with van der Waals surface area (Å²) in [6.07, 6.45) is 3.37. The summed E-state index contributed by atoms with van der Waals surface area (Å²) in [6, 6.07) is 0. The summed E-state index contributed by atoms with van der Waals surface area (Å²) in [5.41, 5.74) is 0. The van der Waals surface area contributed by atoms with Gasteiger partial charge in [0.15, 0.2) is 0 Å². The van der Waals surface area contributed by atoms with Crippen LogP contribution in [0.3, 0.4) is 0 Å². The molecule has 26 heavy (non-hydrogen) atoms. The number of rotatable bonds is 11. The third-order valence-corrected chi connectivity index (χ3v) is 4.39. The van der Waals surface area contributed by atoms with E-state index in [0.717, 1.165) is 18.7 Å². The molecule has 1 fully saturated rings. The Morgan fingerprint density at radius 1 is 0.769 bits per heavy atom. The van der Waals surface area contributed by atoms with Crippen molar-refractivity contribution in [3.63, 3.8) is 0 Å². The van der Waals surface area contributed by atoms with Crippen LogP contribution < -0.4 is 9.80 Å². The van der Waals surface area contributed by atoms with Gasteiger partial charge in [-0.2, -0.15) is 15.0 Å². The maximum atomic E-state index is 5.27. The van der Waals surface area contributed by atoms with E-state index in [0.29, 0.717) is 50.7 Å². The molecule has 1 aromatic rings. The van der Waals surface area contributed by atoms with Crippen molar-refractivity contribution >= 4 is 11.9 Å². The molecule has 2 unspecified atom stereocenters. The molecule has 0 aromatic carbocycles. The van der Waals surface area contributed by atoms with Gasteiger partial charge in [0, 0.05) is 34.4 Å². The minimum atomic E-state index is 0.326. The first-order chi connectivity index (χ1) is 12.6. The normalized spacial score (nSPS) is 19.7. The highest BCUT2D eigenvalue weighted by Crippen LogP contribution is 2.37. The Kier molecular flexibility index (Phi) is 8.43. The van der Waals surface area contributed by atoms with Crippen LogP contribution in [0.2, 0.25) is 0 Å². The molecule has 2 atom stereocenters. The van der Waals surface area contributed by atoms with E-state index in [2.05, 4.69) is 11.9 Å². The van der Waals surface area contributed by atoms with Crippen LogP contribution in [-0.2, 0) is 18.9 Å². The molecular weight excluding hydrogens is 338 g/mol. The summed E-state index contributed by atoms with van der Waals surface area (Å²) in [5, 5.41) is 0. The van der Waals surface area contributed by atoms with Gasteiger partial charge in [0.05, 0.1) is 0 Å². The van der Waals surface area contributed by atoms with Gasteiger partial charge in [-0.05, 0) is 25.2 Å².